The van der Waals surface area contributed by atoms with Crippen LogP contribution in [-0.2, 0) is 6.42 Å². The third kappa shape index (κ3) is 3.46. The second kappa shape index (κ2) is 7.68. The van der Waals surface area contributed by atoms with E-state index in [0.29, 0.717) is 13.0 Å². The van der Waals surface area contributed by atoms with Gasteiger partial charge in [0, 0.05) is 23.4 Å². The van der Waals surface area contributed by atoms with Crippen LogP contribution in [-0.4, -0.2) is 26.0 Å². The Bertz CT molecular complexity index is 675. The highest BCUT2D eigenvalue weighted by Gasteiger charge is 2.22. The summed E-state index contributed by atoms with van der Waals surface area (Å²) < 4.78 is 5.83. The van der Waals surface area contributed by atoms with Gasteiger partial charge < -0.3 is 10.1 Å². The first-order valence-corrected chi connectivity index (χ1v) is 7.80. The average Bonchev–Trinajstić information content (AvgIpc) is 2.64. The number of hydrogen-bond acceptors (Lipinski definition) is 4. The highest BCUT2D eigenvalue weighted by molar-refractivity contribution is 7.99. The molecule has 0 atom stereocenters. The molecule has 0 bridgehead atoms. The number of nitrogens with one attached hydrogen (secondary N) is 1. The zero-order chi connectivity index (χ0) is 14.7. The third-order valence-corrected chi connectivity index (χ3v) is 4.67. The molecule has 0 spiro atoms. The van der Waals surface area contributed by atoms with Crippen molar-refractivity contribution in [2.75, 3.05) is 20.2 Å². The van der Waals surface area contributed by atoms with Gasteiger partial charge in [0.05, 0.1) is 4.90 Å². The van der Waals surface area contributed by atoms with E-state index in [9.17, 15) is 4.79 Å². The molecule has 1 aliphatic rings. The second-order valence-corrected chi connectivity index (χ2v) is 5.95. The smallest absolute Gasteiger partial charge is 0.168 e. The largest absolute Gasteiger partial charge is 0.491 e. The molecule has 0 radical (unpaired) electrons. The average molecular weight is 336 g/mol. The maximum Gasteiger partial charge on any atom is 0.168 e. The fourth-order valence-corrected chi connectivity index (χ4v) is 3.50. The molecule has 0 saturated carbocycles. The molecular formula is C17H18ClNO2S. The number of likely N-dealkylation sites (N-methyl/N-ethyl adjacent to an activating group) is 1. The first kappa shape index (κ1) is 16.9. The molecule has 22 heavy (non-hydrogen) atoms. The van der Waals surface area contributed by atoms with Gasteiger partial charge in [-0.1, -0.05) is 36.0 Å². The van der Waals surface area contributed by atoms with Crippen LogP contribution in [0, 0.1) is 0 Å². The van der Waals surface area contributed by atoms with E-state index in [1.165, 1.54) is 0 Å². The van der Waals surface area contributed by atoms with E-state index in [2.05, 4.69) is 11.4 Å². The number of carbonyl (C=O) groups is 1. The van der Waals surface area contributed by atoms with Gasteiger partial charge in [-0.3, -0.25) is 4.79 Å². The molecule has 0 saturated heterocycles. The van der Waals surface area contributed by atoms with Gasteiger partial charge >= 0.3 is 0 Å². The van der Waals surface area contributed by atoms with Gasteiger partial charge in [-0.15, -0.1) is 12.4 Å². The summed E-state index contributed by atoms with van der Waals surface area (Å²) in [6.45, 7) is 1.36. The van der Waals surface area contributed by atoms with E-state index in [1.54, 1.807) is 11.8 Å². The lowest BCUT2D eigenvalue weighted by atomic mass is 10.0. The number of ether oxygens (including phenoxy) is 1. The SMILES string of the molecule is CNCCOc1cccc2c1Sc1ccccc1CC2=O.Cl. The Morgan fingerprint density at radius 2 is 2.00 bits per heavy atom. The number of fused-ring (bicyclic) bond motifs is 2. The Labute approximate surface area is 140 Å². The molecule has 0 amide bonds. The van der Waals surface area contributed by atoms with Crippen molar-refractivity contribution in [3.63, 3.8) is 0 Å². The minimum atomic E-state index is 0. The van der Waals surface area contributed by atoms with Gasteiger partial charge in [-0.25, -0.2) is 0 Å². The van der Waals surface area contributed by atoms with E-state index >= 15 is 0 Å². The lowest BCUT2D eigenvalue weighted by Crippen LogP contribution is -2.16. The van der Waals surface area contributed by atoms with Crippen LogP contribution >= 0.6 is 24.2 Å². The zero-order valence-electron chi connectivity index (χ0n) is 12.3. The zero-order valence-corrected chi connectivity index (χ0v) is 13.9. The van der Waals surface area contributed by atoms with Gasteiger partial charge in [0.2, 0.25) is 0 Å². The Balaban J connectivity index is 0.00000176. The predicted molar refractivity (Wildman–Crippen MR) is 91.7 cm³/mol. The van der Waals surface area contributed by atoms with Crippen LogP contribution in [0.1, 0.15) is 15.9 Å². The molecule has 3 nitrogen and oxygen atoms in total. The molecule has 2 aromatic rings. The molecule has 116 valence electrons. The van der Waals surface area contributed by atoms with Crippen LogP contribution in [0.3, 0.4) is 0 Å². The molecule has 3 rings (SSSR count). The molecule has 0 aromatic heterocycles. The monoisotopic (exact) mass is 335 g/mol. The lowest BCUT2D eigenvalue weighted by molar-refractivity contribution is 0.0989. The highest BCUT2D eigenvalue weighted by Crippen LogP contribution is 2.42. The van der Waals surface area contributed by atoms with Gasteiger partial charge in [-0.2, -0.15) is 0 Å². The van der Waals surface area contributed by atoms with Crippen LogP contribution in [0.4, 0.5) is 0 Å². The highest BCUT2D eigenvalue weighted by atomic mass is 35.5. The van der Waals surface area contributed by atoms with Crippen LogP contribution in [0.2, 0.25) is 0 Å². The lowest BCUT2D eigenvalue weighted by Gasteiger charge is -2.12. The number of halogens is 1. The summed E-state index contributed by atoms with van der Waals surface area (Å²) in [7, 11) is 1.89. The third-order valence-electron chi connectivity index (χ3n) is 3.42. The molecule has 5 heteroatoms. The number of ketones is 1. The van der Waals surface area contributed by atoms with E-state index < -0.39 is 0 Å². The minimum Gasteiger partial charge on any atom is -0.491 e. The summed E-state index contributed by atoms with van der Waals surface area (Å²) in [5, 5.41) is 3.06. The van der Waals surface area contributed by atoms with E-state index in [-0.39, 0.29) is 18.2 Å². The summed E-state index contributed by atoms with van der Waals surface area (Å²) in [6, 6.07) is 13.8. The first-order valence-electron chi connectivity index (χ1n) is 6.99. The minimum absolute atomic E-state index is 0. The molecule has 1 N–H and O–H groups in total. The fraction of sp³-hybridized carbons (Fsp3) is 0.235. The summed E-state index contributed by atoms with van der Waals surface area (Å²) in [4.78, 5) is 14.5. The molecule has 0 fully saturated rings. The van der Waals surface area contributed by atoms with Crippen molar-refractivity contribution in [3.05, 3.63) is 53.6 Å². The Morgan fingerprint density at radius 1 is 1.18 bits per heavy atom. The summed E-state index contributed by atoms with van der Waals surface area (Å²) in [6.07, 6.45) is 0.455. The normalized spacial score (nSPS) is 12.7. The van der Waals surface area contributed by atoms with Crippen molar-refractivity contribution in [3.8, 4) is 5.75 Å². The van der Waals surface area contributed by atoms with Crippen molar-refractivity contribution in [1.29, 1.82) is 0 Å². The van der Waals surface area contributed by atoms with Crippen LogP contribution < -0.4 is 10.1 Å². The van der Waals surface area contributed by atoms with Crippen LogP contribution in [0.15, 0.2) is 52.3 Å². The van der Waals surface area contributed by atoms with Crippen molar-refractivity contribution in [1.82, 2.24) is 5.32 Å². The summed E-state index contributed by atoms with van der Waals surface area (Å²) in [5.41, 5.74) is 1.85. The Kier molecular flexibility index (Phi) is 5.89. The standard InChI is InChI=1S/C17H17NO2S.ClH/c1-18-9-10-20-15-7-4-6-13-14(19)11-12-5-2-3-8-16(12)21-17(13)15;/h2-8,18H,9-11H2,1H3;1H. The molecule has 2 aromatic carbocycles. The number of carbonyl (C=O) groups excluding carboxylic acids is 1. The molecule has 0 aliphatic carbocycles. The quantitative estimate of drug-likeness (QED) is 0.866. The second-order valence-electron chi connectivity index (χ2n) is 4.89. The molecule has 0 unspecified atom stereocenters. The Morgan fingerprint density at radius 3 is 2.82 bits per heavy atom. The van der Waals surface area contributed by atoms with Gasteiger partial charge in [0.1, 0.15) is 12.4 Å². The van der Waals surface area contributed by atoms with E-state index in [0.717, 1.165) is 33.2 Å². The first-order chi connectivity index (χ1) is 10.3. The van der Waals surface area contributed by atoms with Crippen LogP contribution in [0.5, 0.6) is 5.75 Å². The molecule has 1 aliphatic heterocycles. The van der Waals surface area contributed by atoms with Crippen molar-refractivity contribution >= 4 is 30.0 Å². The number of hydrogen-bond donors (Lipinski definition) is 1. The van der Waals surface area contributed by atoms with Crippen LogP contribution in [0.25, 0.3) is 0 Å². The van der Waals surface area contributed by atoms with Gasteiger partial charge in [-0.05, 0) is 30.8 Å². The summed E-state index contributed by atoms with van der Waals surface area (Å²) >= 11 is 1.63. The topological polar surface area (TPSA) is 38.3 Å². The van der Waals surface area contributed by atoms with Crippen molar-refractivity contribution in [2.24, 2.45) is 0 Å². The fourth-order valence-electron chi connectivity index (χ4n) is 2.34. The van der Waals surface area contributed by atoms with E-state index in [1.807, 2.05) is 43.4 Å². The number of rotatable bonds is 4. The predicted octanol–water partition coefficient (Wildman–Crippen LogP) is 3.60. The molecule has 1 heterocycles. The van der Waals surface area contributed by atoms with Gasteiger partial charge in [0.25, 0.3) is 0 Å². The number of Topliss-reactive ketones (excluding diaryl/α,β-unsaturated/α-hetero) is 1. The van der Waals surface area contributed by atoms with Crippen molar-refractivity contribution in [2.45, 2.75) is 16.2 Å². The maximum absolute atomic E-state index is 12.5. The molecular weight excluding hydrogens is 318 g/mol. The Hall–Kier alpha value is -1.49. The number of benzene rings is 2. The maximum atomic E-state index is 12.5. The summed E-state index contributed by atoms with van der Waals surface area (Å²) in [5.74, 6) is 0.944. The van der Waals surface area contributed by atoms with Crippen molar-refractivity contribution < 1.29 is 9.53 Å². The van der Waals surface area contributed by atoms with Gasteiger partial charge in [0.15, 0.2) is 5.78 Å². The van der Waals surface area contributed by atoms with E-state index in [4.69, 9.17) is 4.74 Å².